The lowest BCUT2D eigenvalue weighted by Gasteiger charge is -2.32. The molecule has 0 spiro atoms. The molecule has 0 radical (unpaired) electrons. The molecular formula is C22H19N3O3. The zero-order valence-electron chi connectivity index (χ0n) is 15.2. The van der Waals surface area contributed by atoms with E-state index in [0.717, 1.165) is 51.8 Å². The van der Waals surface area contributed by atoms with Crippen molar-refractivity contribution in [3.05, 3.63) is 55.1 Å². The highest BCUT2D eigenvalue weighted by atomic mass is 16.4. The maximum absolute atomic E-state index is 11.5. The maximum atomic E-state index is 11.5. The second kappa shape index (κ2) is 6.64. The molecule has 0 aliphatic carbocycles. The SMILES string of the molecule is O=C(O)C1CCCN(c2ncnc3cccc(-c4cccc5occc45)c23)C1. The Morgan fingerprint density at radius 1 is 1.11 bits per heavy atom. The summed E-state index contributed by atoms with van der Waals surface area (Å²) in [4.78, 5) is 22.7. The van der Waals surface area contributed by atoms with E-state index in [1.54, 1.807) is 12.6 Å². The van der Waals surface area contributed by atoms with Gasteiger partial charge in [0.1, 0.15) is 17.7 Å². The van der Waals surface area contributed by atoms with Crippen LogP contribution in [0.4, 0.5) is 5.82 Å². The molecule has 1 N–H and O–H groups in total. The summed E-state index contributed by atoms with van der Waals surface area (Å²) in [7, 11) is 0. The maximum Gasteiger partial charge on any atom is 0.308 e. The van der Waals surface area contributed by atoms with Crippen molar-refractivity contribution in [2.24, 2.45) is 5.92 Å². The molecule has 6 nitrogen and oxygen atoms in total. The highest BCUT2D eigenvalue weighted by Crippen LogP contribution is 2.38. The van der Waals surface area contributed by atoms with Crippen molar-refractivity contribution in [3.63, 3.8) is 0 Å². The normalized spacial score (nSPS) is 17.3. The summed E-state index contributed by atoms with van der Waals surface area (Å²) in [6.07, 6.45) is 4.79. The van der Waals surface area contributed by atoms with Crippen molar-refractivity contribution < 1.29 is 14.3 Å². The molecule has 1 saturated heterocycles. The summed E-state index contributed by atoms with van der Waals surface area (Å²) in [5, 5.41) is 11.5. The van der Waals surface area contributed by atoms with Gasteiger partial charge in [-0.05, 0) is 42.2 Å². The third-order valence-corrected chi connectivity index (χ3v) is 5.50. The van der Waals surface area contributed by atoms with E-state index < -0.39 is 5.97 Å². The number of carboxylic acid groups (broad SMARTS) is 1. The largest absolute Gasteiger partial charge is 0.481 e. The van der Waals surface area contributed by atoms with Gasteiger partial charge in [0.2, 0.25) is 0 Å². The first-order valence-electron chi connectivity index (χ1n) is 9.40. The number of hydrogen-bond donors (Lipinski definition) is 1. The number of carbonyl (C=O) groups is 1. The van der Waals surface area contributed by atoms with E-state index in [4.69, 9.17) is 4.42 Å². The number of aromatic nitrogens is 2. The minimum atomic E-state index is -0.744. The lowest BCUT2D eigenvalue weighted by Crippen LogP contribution is -2.39. The fraction of sp³-hybridized carbons (Fsp3) is 0.227. The molecule has 1 fully saturated rings. The van der Waals surface area contributed by atoms with Crippen LogP contribution in [0.25, 0.3) is 33.0 Å². The summed E-state index contributed by atoms with van der Waals surface area (Å²) in [5.41, 5.74) is 3.76. The van der Waals surface area contributed by atoms with Gasteiger partial charge in [-0.1, -0.05) is 24.3 Å². The van der Waals surface area contributed by atoms with Crippen molar-refractivity contribution in [1.29, 1.82) is 0 Å². The molecule has 0 saturated carbocycles. The average molecular weight is 373 g/mol. The molecular weight excluding hydrogens is 354 g/mol. The molecule has 28 heavy (non-hydrogen) atoms. The first-order valence-corrected chi connectivity index (χ1v) is 9.40. The number of piperidine rings is 1. The predicted molar refractivity (Wildman–Crippen MR) is 107 cm³/mol. The fourth-order valence-corrected chi connectivity index (χ4v) is 4.16. The number of anilines is 1. The van der Waals surface area contributed by atoms with Gasteiger partial charge in [-0.2, -0.15) is 0 Å². The summed E-state index contributed by atoms with van der Waals surface area (Å²) in [6.45, 7) is 1.26. The second-order valence-electron chi connectivity index (χ2n) is 7.16. The highest BCUT2D eigenvalue weighted by molar-refractivity contribution is 6.07. The number of aliphatic carboxylic acids is 1. The molecule has 4 aromatic rings. The Labute approximate surface area is 161 Å². The van der Waals surface area contributed by atoms with Crippen molar-refractivity contribution in [3.8, 4) is 11.1 Å². The van der Waals surface area contributed by atoms with Crippen molar-refractivity contribution in [2.45, 2.75) is 12.8 Å². The summed E-state index contributed by atoms with van der Waals surface area (Å²) in [6, 6.07) is 14.0. The van der Waals surface area contributed by atoms with Crippen LogP contribution in [0.1, 0.15) is 12.8 Å². The van der Waals surface area contributed by atoms with E-state index in [9.17, 15) is 9.90 Å². The van der Waals surface area contributed by atoms with Crippen molar-refractivity contribution >= 4 is 33.7 Å². The summed E-state index contributed by atoms with van der Waals surface area (Å²) < 4.78 is 5.57. The number of carboxylic acids is 1. The van der Waals surface area contributed by atoms with Gasteiger partial charge in [-0.25, -0.2) is 9.97 Å². The molecule has 2 aromatic carbocycles. The van der Waals surface area contributed by atoms with Gasteiger partial charge < -0.3 is 14.4 Å². The minimum absolute atomic E-state index is 0.372. The predicted octanol–water partition coefficient (Wildman–Crippen LogP) is 4.34. The number of nitrogens with zero attached hydrogens (tertiary/aromatic N) is 3. The van der Waals surface area contributed by atoms with Crippen LogP contribution < -0.4 is 4.90 Å². The monoisotopic (exact) mass is 373 g/mol. The van der Waals surface area contributed by atoms with Crippen LogP contribution in [0.3, 0.4) is 0 Å². The number of hydrogen-bond acceptors (Lipinski definition) is 5. The van der Waals surface area contributed by atoms with E-state index in [0.29, 0.717) is 13.0 Å². The lowest BCUT2D eigenvalue weighted by atomic mass is 9.95. The van der Waals surface area contributed by atoms with Crippen molar-refractivity contribution in [2.75, 3.05) is 18.0 Å². The van der Waals surface area contributed by atoms with Crippen LogP contribution in [-0.4, -0.2) is 34.1 Å². The number of rotatable bonds is 3. The van der Waals surface area contributed by atoms with Crippen LogP contribution in [0.15, 0.2) is 59.5 Å². The Hall–Kier alpha value is -3.41. The van der Waals surface area contributed by atoms with Crippen LogP contribution in [0, 0.1) is 5.92 Å². The topological polar surface area (TPSA) is 79.5 Å². The Balaban J connectivity index is 1.72. The van der Waals surface area contributed by atoms with E-state index in [1.165, 1.54) is 0 Å². The van der Waals surface area contributed by atoms with Crippen LogP contribution in [0.5, 0.6) is 0 Å². The van der Waals surface area contributed by atoms with Gasteiger partial charge in [-0.3, -0.25) is 4.79 Å². The van der Waals surface area contributed by atoms with E-state index >= 15 is 0 Å². The summed E-state index contributed by atoms with van der Waals surface area (Å²) in [5.74, 6) is -0.318. The first kappa shape index (κ1) is 16.7. The Kier molecular flexibility index (Phi) is 3.97. The molecule has 140 valence electrons. The summed E-state index contributed by atoms with van der Waals surface area (Å²) >= 11 is 0. The van der Waals surface area contributed by atoms with Crippen LogP contribution in [-0.2, 0) is 4.79 Å². The zero-order valence-corrected chi connectivity index (χ0v) is 15.2. The Morgan fingerprint density at radius 3 is 2.86 bits per heavy atom. The average Bonchev–Trinajstić information content (AvgIpc) is 3.22. The van der Waals surface area contributed by atoms with Gasteiger partial charge in [0, 0.05) is 18.5 Å². The number of fused-ring (bicyclic) bond motifs is 2. The Morgan fingerprint density at radius 2 is 1.96 bits per heavy atom. The van der Waals surface area contributed by atoms with Gasteiger partial charge in [0.15, 0.2) is 0 Å². The molecule has 1 unspecified atom stereocenters. The molecule has 1 aliphatic rings. The third-order valence-electron chi connectivity index (χ3n) is 5.50. The quantitative estimate of drug-likeness (QED) is 0.575. The number of furan rings is 1. The molecule has 1 atom stereocenters. The second-order valence-corrected chi connectivity index (χ2v) is 7.16. The lowest BCUT2D eigenvalue weighted by molar-refractivity contribution is -0.141. The van der Waals surface area contributed by atoms with E-state index in [2.05, 4.69) is 27.0 Å². The third kappa shape index (κ3) is 2.69. The van der Waals surface area contributed by atoms with Gasteiger partial charge in [0.25, 0.3) is 0 Å². The van der Waals surface area contributed by atoms with Crippen LogP contribution in [0.2, 0.25) is 0 Å². The number of benzene rings is 2. The smallest absolute Gasteiger partial charge is 0.308 e. The fourth-order valence-electron chi connectivity index (χ4n) is 4.16. The van der Waals surface area contributed by atoms with Gasteiger partial charge in [0.05, 0.1) is 23.1 Å². The Bertz CT molecular complexity index is 1180. The molecule has 6 heteroatoms. The van der Waals surface area contributed by atoms with E-state index in [-0.39, 0.29) is 5.92 Å². The molecule has 1 aliphatic heterocycles. The molecule has 2 aromatic heterocycles. The zero-order chi connectivity index (χ0) is 19.1. The van der Waals surface area contributed by atoms with Gasteiger partial charge >= 0.3 is 5.97 Å². The standard InChI is InChI=1S/C22H19N3O3/c26-22(27)14-4-3-10-25(12-14)21-20-17(6-1-7-18(20)23-13-24-21)15-5-2-8-19-16(15)9-11-28-19/h1-2,5-9,11,13-14H,3-4,10,12H2,(H,26,27). The highest BCUT2D eigenvalue weighted by Gasteiger charge is 2.28. The van der Waals surface area contributed by atoms with Crippen LogP contribution >= 0.6 is 0 Å². The first-order chi connectivity index (χ1) is 13.7. The van der Waals surface area contributed by atoms with Gasteiger partial charge in [-0.15, -0.1) is 0 Å². The molecule has 0 amide bonds. The molecule has 3 heterocycles. The molecule has 0 bridgehead atoms. The minimum Gasteiger partial charge on any atom is -0.481 e. The molecule has 5 rings (SSSR count). The van der Waals surface area contributed by atoms with Crippen molar-refractivity contribution in [1.82, 2.24) is 9.97 Å². The van der Waals surface area contributed by atoms with E-state index in [1.807, 2.05) is 30.3 Å².